The van der Waals surface area contributed by atoms with Gasteiger partial charge in [-0.2, -0.15) is 0 Å². The number of piperidine rings is 1. The van der Waals surface area contributed by atoms with E-state index in [1.807, 2.05) is 6.07 Å². The summed E-state index contributed by atoms with van der Waals surface area (Å²) >= 11 is 6.00. The van der Waals surface area contributed by atoms with E-state index in [1.54, 1.807) is 0 Å². The van der Waals surface area contributed by atoms with Crippen molar-refractivity contribution in [2.75, 3.05) is 31.1 Å². The van der Waals surface area contributed by atoms with Crippen LogP contribution in [-0.2, 0) is 0 Å². The van der Waals surface area contributed by atoms with Gasteiger partial charge in [-0.15, -0.1) is 0 Å². The molecule has 0 radical (unpaired) electrons. The highest BCUT2D eigenvalue weighted by atomic mass is 35.5. The molecule has 2 heterocycles. The average Bonchev–Trinajstić information content (AvgIpc) is 2.27. The van der Waals surface area contributed by atoms with E-state index in [1.165, 1.54) is 50.3 Å². The molecule has 92 valence electrons. The summed E-state index contributed by atoms with van der Waals surface area (Å²) in [5, 5.41) is 4.36. The fraction of sp³-hybridized carbons (Fsp3) is 0.571. The maximum absolute atomic E-state index is 6.00. The van der Waals surface area contributed by atoms with Gasteiger partial charge in [0, 0.05) is 35.8 Å². The van der Waals surface area contributed by atoms with E-state index in [0.717, 1.165) is 5.02 Å². The molecule has 0 unspecified atom stereocenters. The van der Waals surface area contributed by atoms with Crippen molar-refractivity contribution in [3.05, 3.63) is 28.8 Å². The molecule has 17 heavy (non-hydrogen) atoms. The molecule has 0 amide bonds. The number of benzene rings is 1. The minimum absolute atomic E-state index is 0.546. The van der Waals surface area contributed by atoms with Gasteiger partial charge in [-0.05, 0) is 50.1 Å². The van der Waals surface area contributed by atoms with E-state index in [2.05, 4.69) is 29.3 Å². The first-order valence-electron chi connectivity index (χ1n) is 6.40. The summed E-state index contributed by atoms with van der Waals surface area (Å²) in [5.41, 5.74) is 3.19. The lowest BCUT2D eigenvalue weighted by Crippen LogP contribution is -2.62. The maximum Gasteiger partial charge on any atom is 0.0410 e. The van der Waals surface area contributed by atoms with Crippen molar-refractivity contribution in [2.45, 2.75) is 19.8 Å². The SMILES string of the molecule is Cc1cc(Cl)ccc1N1CC2(CCCNC2)C1. The Hall–Kier alpha value is -0.730. The highest BCUT2D eigenvalue weighted by Crippen LogP contribution is 2.40. The van der Waals surface area contributed by atoms with Gasteiger partial charge in [0.25, 0.3) is 0 Å². The van der Waals surface area contributed by atoms with Crippen LogP contribution >= 0.6 is 11.6 Å². The van der Waals surface area contributed by atoms with Crippen molar-refractivity contribution in [1.82, 2.24) is 5.32 Å². The average molecular weight is 251 g/mol. The number of hydrogen-bond acceptors (Lipinski definition) is 2. The number of aryl methyl sites for hydroxylation is 1. The lowest BCUT2D eigenvalue weighted by atomic mass is 9.73. The van der Waals surface area contributed by atoms with Gasteiger partial charge in [-0.3, -0.25) is 0 Å². The van der Waals surface area contributed by atoms with Gasteiger partial charge in [0.15, 0.2) is 0 Å². The predicted molar refractivity (Wildman–Crippen MR) is 72.9 cm³/mol. The van der Waals surface area contributed by atoms with Crippen molar-refractivity contribution >= 4 is 17.3 Å². The van der Waals surface area contributed by atoms with Crippen molar-refractivity contribution in [3.8, 4) is 0 Å². The first-order valence-corrected chi connectivity index (χ1v) is 6.78. The number of nitrogens with one attached hydrogen (secondary N) is 1. The molecule has 2 fully saturated rings. The zero-order chi connectivity index (χ0) is 11.9. The van der Waals surface area contributed by atoms with Gasteiger partial charge in [0.05, 0.1) is 0 Å². The Morgan fingerprint density at radius 1 is 1.35 bits per heavy atom. The van der Waals surface area contributed by atoms with E-state index in [9.17, 15) is 0 Å². The standard InChI is InChI=1S/C14H19ClN2/c1-11-7-12(15)3-4-13(11)17-9-14(10-17)5-2-6-16-8-14/h3-4,7,16H,2,5-6,8-10H2,1H3. The fourth-order valence-electron chi connectivity index (χ4n) is 3.21. The predicted octanol–water partition coefficient (Wildman–Crippen LogP) is 2.84. The molecule has 1 aromatic rings. The van der Waals surface area contributed by atoms with Crippen LogP contribution < -0.4 is 10.2 Å². The number of rotatable bonds is 1. The lowest BCUT2D eigenvalue weighted by molar-refractivity contribution is 0.156. The van der Waals surface area contributed by atoms with E-state index < -0.39 is 0 Å². The molecule has 2 nitrogen and oxygen atoms in total. The number of anilines is 1. The topological polar surface area (TPSA) is 15.3 Å². The first kappa shape index (κ1) is 11.4. The highest BCUT2D eigenvalue weighted by molar-refractivity contribution is 6.30. The Kier molecular flexibility index (Phi) is 2.80. The van der Waals surface area contributed by atoms with Gasteiger partial charge >= 0.3 is 0 Å². The molecule has 2 aliphatic rings. The van der Waals surface area contributed by atoms with Gasteiger partial charge < -0.3 is 10.2 Å². The first-order chi connectivity index (χ1) is 8.19. The Morgan fingerprint density at radius 3 is 2.82 bits per heavy atom. The fourth-order valence-corrected chi connectivity index (χ4v) is 3.43. The van der Waals surface area contributed by atoms with Gasteiger partial charge in [0.2, 0.25) is 0 Å². The molecule has 0 saturated carbocycles. The van der Waals surface area contributed by atoms with Crippen molar-refractivity contribution in [3.63, 3.8) is 0 Å². The summed E-state index contributed by atoms with van der Waals surface area (Å²) in [5.74, 6) is 0. The van der Waals surface area contributed by atoms with Crippen molar-refractivity contribution < 1.29 is 0 Å². The van der Waals surface area contributed by atoms with Gasteiger partial charge in [-0.1, -0.05) is 11.6 Å². The normalized spacial score (nSPS) is 22.6. The van der Waals surface area contributed by atoms with Crippen LogP contribution in [0, 0.1) is 12.3 Å². The van der Waals surface area contributed by atoms with Crippen LogP contribution in [-0.4, -0.2) is 26.2 Å². The zero-order valence-electron chi connectivity index (χ0n) is 10.3. The minimum Gasteiger partial charge on any atom is -0.370 e. The van der Waals surface area contributed by atoms with Crippen molar-refractivity contribution in [2.24, 2.45) is 5.41 Å². The van der Waals surface area contributed by atoms with Crippen LogP contribution in [0.5, 0.6) is 0 Å². The van der Waals surface area contributed by atoms with E-state index in [-0.39, 0.29) is 0 Å². The molecular weight excluding hydrogens is 232 g/mol. The molecule has 0 aliphatic carbocycles. The van der Waals surface area contributed by atoms with Crippen LogP contribution in [0.2, 0.25) is 5.02 Å². The van der Waals surface area contributed by atoms with Crippen LogP contribution in [0.15, 0.2) is 18.2 Å². The monoisotopic (exact) mass is 250 g/mol. The Bertz CT molecular complexity index is 416. The molecule has 1 aromatic carbocycles. The molecule has 1 spiro atoms. The second kappa shape index (κ2) is 4.18. The molecule has 0 bridgehead atoms. The Balaban J connectivity index is 1.72. The molecule has 0 aromatic heterocycles. The Labute approximate surface area is 108 Å². The summed E-state index contributed by atoms with van der Waals surface area (Å²) in [7, 11) is 0. The summed E-state index contributed by atoms with van der Waals surface area (Å²) in [6, 6.07) is 6.20. The smallest absolute Gasteiger partial charge is 0.0410 e. The van der Waals surface area contributed by atoms with E-state index in [0.29, 0.717) is 5.41 Å². The number of hydrogen-bond donors (Lipinski definition) is 1. The lowest BCUT2D eigenvalue weighted by Gasteiger charge is -2.54. The van der Waals surface area contributed by atoms with Crippen LogP contribution in [0.3, 0.4) is 0 Å². The molecule has 3 heteroatoms. The Morgan fingerprint density at radius 2 is 2.18 bits per heavy atom. The summed E-state index contributed by atoms with van der Waals surface area (Å²) in [6.45, 7) is 6.92. The van der Waals surface area contributed by atoms with Crippen LogP contribution in [0.25, 0.3) is 0 Å². The van der Waals surface area contributed by atoms with E-state index >= 15 is 0 Å². The molecule has 0 atom stereocenters. The molecule has 3 rings (SSSR count). The molecule has 2 saturated heterocycles. The highest BCUT2D eigenvalue weighted by Gasteiger charge is 2.43. The zero-order valence-corrected chi connectivity index (χ0v) is 11.1. The second-order valence-electron chi connectivity index (χ2n) is 5.57. The van der Waals surface area contributed by atoms with Crippen molar-refractivity contribution in [1.29, 1.82) is 0 Å². The summed E-state index contributed by atoms with van der Waals surface area (Å²) in [4.78, 5) is 2.48. The maximum atomic E-state index is 6.00. The molecule has 1 N–H and O–H groups in total. The minimum atomic E-state index is 0.546. The molecule has 2 aliphatic heterocycles. The van der Waals surface area contributed by atoms with Gasteiger partial charge in [0.1, 0.15) is 0 Å². The van der Waals surface area contributed by atoms with Gasteiger partial charge in [-0.25, -0.2) is 0 Å². The summed E-state index contributed by atoms with van der Waals surface area (Å²) < 4.78 is 0. The largest absolute Gasteiger partial charge is 0.370 e. The second-order valence-corrected chi connectivity index (χ2v) is 6.00. The number of halogens is 1. The third kappa shape index (κ3) is 2.04. The van der Waals surface area contributed by atoms with Crippen LogP contribution in [0.1, 0.15) is 18.4 Å². The third-order valence-electron chi connectivity index (χ3n) is 4.11. The summed E-state index contributed by atoms with van der Waals surface area (Å²) in [6.07, 6.45) is 2.70. The quantitative estimate of drug-likeness (QED) is 0.825. The number of nitrogens with zero attached hydrogens (tertiary/aromatic N) is 1. The van der Waals surface area contributed by atoms with Crippen LogP contribution in [0.4, 0.5) is 5.69 Å². The third-order valence-corrected chi connectivity index (χ3v) is 4.35. The molecular formula is C14H19ClN2. The van der Waals surface area contributed by atoms with E-state index in [4.69, 9.17) is 11.6 Å².